The van der Waals surface area contributed by atoms with Crippen molar-refractivity contribution in [1.82, 2.24) is 10.0 Å². The topological polar surface area (TPSA) is 104 Å². The smallest absolute Gasteiger partial charge is 0.240 e. The van der Waals surface area contributed by atoms with Crippen molar-refractivity contribution in [1.29, 1.82) is 0 Å². The number of amides is 2. The molecule has 1 aromatic carbocycles. The maximum Gasteiger partial charge on any atom is 0.240 e. The van der Waals surface area contributed by atoms with Gasteiger partial charge in [-0.3, -0.25) is 9.59 Å². The third-order valence-electron chi connectivity index (χ3n) is 4.85. The van der Waals surface area contributed by atoms with Crippen LogP contribution in [-0.4, -0.2) is 32.8 Å². The number of nitrogens with one attached hydrogen (secondary N) is 3. The molecule has 30 heavy (non-hydrogen) atoms. The molecule has 0 aliphatic carbocycles. The lowest BCUT2D eigenvalue weighted by atomic mass is 10.0. The molecule has 0 spiro atoms. The summed E-state index contributed by atoms with van der Waals surface area (Å²) in [6, 6.07) is 5.43. The maximum atomic E-state index is 12.7. The average Bonchev–Trinajstić information content (AvgIpc) is 2.66. The molecule has 0 saturated heterocycles. The molecule has 0 heterocycles. The lowest BCUT2D eigenvalue weighted by Gasteiger charge is -2.22. The first-order chi connectivity index (χ1) is 14.2. The Morgan fingerprint density at radius 2 is 1.57 bits per heavy atom. The minimum atomic E-state index is -3.78. The zero-order valence-electron chi connectivity index (χ0n) is 18.7. The van der Waals surface area contributed by atoms with Gasteiger partial charge in [0.25, 0.3) is 0 Å². The SMILES string of the molecule is CCCCCCCCNC(=O)C[C@H](NS(=O)(=O)c1ccc(NC(C)=O)cc1)C(C)C. The minimum absolute atomic E-state index is 0.0433. The predicted octanol–water partition coefficient (Wildman–Crippen LogP) is 3.81. The average molecular weight is 440 g/mol. The maximum absolute atomic E-state index is 12.7. The molecule has 8 heteroatoms. The van der Waals surface area contributed by atoms with Crippen molar-refractivity contribution in [3.8, 4) is 0 Å². The fourth-order valence-electron chi connectivity index (χ4n) is 3.01. The van der Waals surface area contributed by atoms with Gasteiger partial charge < -0.3 is 10.6 Å². The van der Waals surface area contributed by atoms with Crippen LogP contribution in [0.5, 0.6) is 0 Å². The van der Waals surface area contributed by atoms with Gasteiger partial charge in [0.15, 0.2) is 0 Å². The molecule has 2 amide bonds. The van der Waals surface area contributed by atoms with Crippen molar-refractivity contribution in [3.63, 3.8) is 0 Å². The number of anilines is 1. The first kappa shape index (κ1) is 26.1. The number of unbranched alkanes of at least 4 members (excludes halogenated alkanes) is 5. The van der Waals surface area contributed by atoms with Crippen LogP contribution in [0.3, 0.4) is 0 Å². The van der Waals surface area contributed by atoms with Crippen molar-refractivity contribution < 1.29 is 18.0 Å². The molecule has 1 aromatic rings. The van der Waals surface area contributed by atoms with Crippen LogP contribution in [0.1, 0.15) is 72.6 Å². The van der Waals surface area contributed by atoms with E-state index in [0.717, 1.165) is 12.8 Å². The summed E-state index contributed by atoms with van der Waals surface area (Å²) in [5.41, 5.74) is 0.524. The van der Waals surface area contributed by atoms with Crippen molar-refractivity contribution in [2.24, 2.45) is 5.92 Å². The summed E-state index contributed by atoms with van der Waals surface area (Å²) in [6.07, 6.45) is 6.99. The van der Waals surface area contributed by atoms with E-state index in [-0.39, 0.29) is 29.0 Å². The molecule has 1 rings (SSSR count). The summed E-state index contributed by atoms with van der Waals surface area (Å²) in [4.78, 5) is 23.5. The van der Waals surface area contributed by atoms with E-state index in [1.807, 2.05) is 13.8 Å². The molecule has 0 aliphatic heterocycles. The number of benzene rings is 1. The van der Waals surface area contributed by atoms with Gasteiger partial charge in [-0.15, -0.1) is 0 Å². The second-order valence-electron chi connectivity index (χ2n) is 8.00. The molecule has 3 N–H and O–H groups in total. The van der Waals surface area contributed by atoms with Gasteiger partial charge in [-0.05, 0) is 36.6 Å². The highest BCUT2D eigenvalue weighted by Crippen LogP contribution is 2.17. The molecule has 0 radical (unpaired) electrons. The fourth-order valence-corrected chi connectivity index (χ4v) is 4.39. The van der Waals surface area contributed by atoms with Crippen molar-refractivity contribution in [2.75, 3.05) is 11.9 Å². The van der Waals surface area contributed by atoms with Gasteiger partial charge in [0.05, 0.1) is 4.90 Å². The van der Waals surface area contributed by atoms with Gasteiger partial charge in [0.2, 0.25) is 21.8 Å². The summed E-state index contributed by atoms with van der Waals surface area (Å²) < 4.78 is 28.1. The molecule has 170 valence electrons. The zero-order valence-corrected chi connectivity index (χ0v) is 19.5. The molecular weight excluding hydrogens is 402 g/mol. The van der Waals surface area contributed by atoms with Gasteiger partial charge in [-0.25, -0.2) is 13.1 Å². The van der Waals surface area contributed by atoms with E-state index in [2.05, 4.69) is 22.3 Å². The van der Waals surface area contributed by atoms with E-state index in [9.17, 15) is 18.0 Å². The van der Waals surface area contributed by atoms with Crippen LogP contribution in [-0.2, 0) is 19.6 Å². The summed E-state index contributed by atoms with van der Waals surface area (Å²) in [7, 11) is -3.78. The van der Waals surface area contributed by atoms with Gasteiger partial charge in [0.1, 0.15) is 0 Å². The molecule has 0 aromatic heterocycles. The van der Waals surface area contributed by atoms with Gasteiger partial charge in [-0.2, -0.15) is 0 Å². The largest absolute Gasteiger partial charge is 0.356 e. The van der Waals surface area contributed by atoms with Crippen LogP contribution in [0.4, 0.5) is 5.69 Å². The molecule has 0 bridgehead atoms. The third kappa shape index (κ3) is 10.2. The molecule has 0 fully saturated rings. The summed E-state index contributed by atoms with van der Waals surface area (Å²) in [5, 5.41) is 5.50. The third-order valence-corrected chi connectivity index (χ3v) is 6.36. The quantitative estimate of drug-likeness (QED) is 0.383. The lowest BCUT2D eigenvalue weighted by Crippen LogP contribution is -2.42. The predicted molar refractivity (Wildman–Crippen MR) is 121 cm³/mol. The standard InChI is InChI=1S/C22H37N3O4S/c1-5-6-7-8-9-10-15-23-22(27)16-21(17(2)3)25-30(28,29)20-13-11-19(12-14-20)24-18(4)26/h11-14,17,21,25H,5-10,15-16H2,1-4H3,(H,23,27)(H,24,26)/t21-/m0/s1. The molecular formula is C22H37N3O4S. The lowest BCUT2D eigenvalue weighted by molar-refractivity contribution is -0.121. The van der Waals surface area contributed by atoms with Crippen LogP contribution < -0.4 is 15.4 Å². The summed E-state index contributed by atoms with van der Waals surface area (Å²) in [5.74, 6) is -0.417. The van der Waals surface area contributed by atoms with Crippen LogP contribution in [0, 0.1) is 5.92 Å². The fraction of sp³-hybridized carbons (Fsp3) is 0.636. The summed E-state index contributed by atoms with van der Waals surface area (Å²) >= 11 is 0. The van der Waals surface area contributed by atoms with Gasteiger partial charge in [0, 0.05) is 31.6 Å². The highest BCUT2D eigenvalue weighted by atomic mass is 32.2. The van der Waals surface area contributed by atoms with E-state index in [1.165, 1.54) is 56.9 Å². The number of sulfonamides is 1. The second-order valence-corrected chi connectivity index (χ2v) is 9.71. The van der Waals surface area contributed by atoms with Crippen LogP contribution >= 0.6 is 0 Å². The van der Waals surface area contributed by atoms with Gasteiger partial charge >= 0.3 is 0 Å². The zero-order chi connectivity index (χ0) is 22.6. The Kier molecular flexibility index (Phi) is 11.7. The highest BCUT2D eigenvalue weighted by molar-refractivity contribution is 7.89. The first-order valence-corrected chi connectivity index (χ1v) is 12.3. The van der Waals surface area contributed by atoms with Crippen LogP contribution in [0.15, 0.2) is 29.2 Å². The van der Waals surface area contributed by atoms with E-state index >= 15 is 0 Å². The second kappa shape index (κ2) is 13.4. The Hall–Kier alpha value is -1.93. The van der Waals surface area contributed by atoms with Gasteiger partial charge in [-0.1, -0.05) is 52.9 Å². The number of rotatable bonds is 14. The van der Waals surface area contributed by atoms with Crippen LogP contribution in [0.25, 0.3) is 0 Å². The Morgan fingerprint density at radius 1 is 0.967 bits per heavy atom. The highest BCUT2D eigenvalue weighted by Gasteiger charge is 2.24. The molecule has 7 nitrogen and oxygen atoms in total. The summed E-state index contributed by atoms with van der Waals surface area (Å²) in [6.45, 7) is 7.95. The Balaban J connectivity index is 2.57. The Labute approximate surface area is 181 Å². The molecule has 0 unspecified atom stereocenters. The first-order valence-electron chi connectivity index (χ1n) is 10.8. The number of carbonyl (C=O) groups is 2. The van der Waals surface area contributed by atoms with Crippen molar-refractivity contribution >= 4 is 27.5 Å². The van der Waals surface area contributed by atoms with E-state index in [0.29, 0.717) is 12.2 Å². The number of hydrogen-bond acceptors (Lipinski definition) is 4. The normalized spacial score (nSPS) is 12.6. The minimum Gasteiger partial charge on any atom is -0.356 e. The number of carbonyl (C=O) groups excluding carboxylic acids is 2. The van der Waals surface area contributed by atoms with Crippen molar-refractivity contribution in [2.45, 2.75) is 83.6 Å². The molecule has 1 atom stereocenters. The molecule has 0 aliphatic rings. The number of hydrogen-bond donors (Lipinski definition) is 3. The van der Waals surface area contributed by atoms with E-state index in [4.69, 9.17) is 0 Å². The monoisotopic (exact) mass is 439 g/mol. The molecule has 0 saturated carbocycles. The van der Waals surface area contributed by atoms with Crippen LogP contribution in [0.2, 0.25) is 0 Å². The van der Waals surface area contributed by atoms with Crippen molar-refractivity contribution in [3.05, 3.63) is 24.3 Å². The Bertz CT molecular complexity index is 761. The van der Waals surface area contributed by atoms with E-state index < -0.39 is 16.1 Å². The van der Waals surface area contributed by atoms with E-state index in [1.54, 1.807) is 0 Å². The Morgan fingerprint density at radius 3 is 2.13 bits per heavy atom.